The Morgan fingerprint density at radius 2 is 1.82 bits per heavy atom. The monoisotopic (exact) mass is 292 g/mol. The zero-order valence-corrected chi connectivity index (χ0v) is 13.0. The van der Waals surface area contributed by atoms with E-state index in [2.05, 4.69) is 12.0 Å². The molecule has 0 aliphatic heterocycles. The molecule has 0 aliphatic rings. The molecule has 2 aromatic carbocycles. The van der Waals surface area contributed by atoms with E-state index >= 15 is 0 Å². The maximum atomic E-state index is 10.6. The summed E-state index contributed by atoms with van der Waals surface area (Å²) in [6.07, 6.45) is 1.77. The Morgan fingerprint density at radius 3 is 2.50 bits per heavy atom. The van der Waals surface area contributed by atoms with E-state index in [1.165, 1.54) is 0 Å². The van der Waals surface area contributed by atoms with Crippen LogP contribution in [0.4, 0.5) is 0 Å². The van der Waals surface area contributed by atoms with E-state index < -0.39 is 0 Å². The van der Waals surface area contributed by atoms with Crippen molar-refractivity contribution in [3.8, 4) is 22.8 Å². The van der Waals surface area contributed by atoms with Crippen molar-refractivity contribution in [3.05, 3.63) is 65.7 Å². The maximum Gasteiger partial charge on any atom is 0.218 e. The fourth-order valence-electron chi connectivity index (χ4n) is 2.69. The number of aromatic hydroxyl groups is 1. The van der Waals surface area contributed by atoms with Gasteiger partial charge in [-0.3, -0.25) is 0 Å². The van der Waals surface area contributed by atoms with Gasteiger partial charge in [-0.1, -0.05) is 55.8 Å². The molecular formula is C19H20N2O. The molecular weight excluding hydrogens is 272 g/mol. The molecule has 0 saturated heterocycles. The Bertz CT molecular complexity index is 775. The van der Waals surface area contributed by atoms with Crippen LogP contribution in [0.3, 0.4) is 0 Å². The van der Waals surface area contributed by atoms with Crippen LogP contribution < -0.4 is 0 Å². The molecule has 3 heteroatoms. The van der Waals surface area contributed by atoms with Crippen LogP contribution in [0.1, 0.15) is 24.5 Å². The quantitative estimate of drug-likeness (QED) is 0.768. The molecule has 3 aromatic rings. The lowest BCUT2D eigenvalue weighted by atomic mass is 10.0. The summed E-state index contributed by atoms with van der Waals surface area (Å²) in [6, 6.07) is 18.0. The highest BCUT2D eigenvalue weighted by atomic mass is 16.3. The highest BCUT2D eigenvalue weighted by Crippen LogP contribution is 2.32. The van der Waals surface area contributed by atoms with Gasteiger partial charge in [-0.05, 0) is 31.0 Å². The maximum absolute atomic E-state index is 10.6. The highest BCUT2D eigenvalue weighted by molar-refractivity contribution is 5.66. The van der Waals surface area contributed by atoms with Crippen molar-refractivity contribution in [1.29, 1.82) is 0 Å². The van der Waals surface area contributed by atoms with Crippen LogP contribution in [0.15, 0.2) is 54.6 Å². The van der Waals surface area contributed by atoms with Crippen LogP contribution in [-0.4, -0.2) is 14.9 Å². The number of hydrogen-bond acceptors (Lipinski definition) is 2. The van der Waals surface area contributed by atoms with Gasteiger partial charge in [0, 0.05) is 11.1 Å². The average Bonchev–Trinajstić information content (AvgIpc) is 2.86. The molecule has 0 amide bonds. The van der Waals surface area contributed by atoms with Crippen LogP contribution in [0.25, 0.3) is 16.9 Å². The first-order valence-corrected chi connectivity index (χ1v) is 7.64. The van der Waals surface area contributed by atoms with E-state index in [4.69, 9.17) is 0 Å². The largest absolute Gasteiger partial charge is 0.493 e. The summed E-state index contributed by atoms with van der Waals surface area (Å²) in [5, 5.41) is 15.3. The molecule has 0 spiro atoms. The molecule has 3 nitrogen and oxygen atoms in total. The van der Waals surface area contributed by atoms with Gasteiger partial charge >= 0.3 is 0 Å². The third-order valence-electron chi connectivity index (χ3n) is 3.75. The van der Waals surface area contributed by atoms with Gasteiger partial charge < -0.3 is 5.11 Å². The summed E-state index contributed by atoms with van der Waals surface area (Å²) in [4.78, 5) is 0. The minimum atomic E-state index is 0.242. The molecule has 0 saturated carbocycles. The first kappa shape index (κ1) is 14.4. The van der Waals surface area contributed by atoms with E-state index in [0.29, 0.717) is 0 Å². The molecule has 3 rings (SSSR count). The summed E-state index contributed by atoms with van der Waals surface area (Å²) in [5.74, 6) is 0.242. The summed E-state index contributed by atoms with van der Waals surface area (Å²) >= 11 is 0. The second kappa shape index (κ2) is 6.06. The van der Waals surface area contributed by atoms with Crippen molar-refractivity contribution in [2.45, 2.75) is 26.7 Å². The average molecular weight is 292 g/mol. The smallest absolute Gasteiger partial charge is 0.218 e. The van der Waals surface area contributed by atoms with Crippen molar-refractivity contribution in [3.63, 3.8) is 0 Å². The number of benzene rings is 2. The van der Waals surface area contributed by atoms with Gasteiger partial charge in [-0.25, -0.2) is 4.68 Å². The van der Waals surface area contributed by atoms with E-state index in [-0.39, 0.29) is 5.88 Å². The van der Waals surface area contributed by atoms with Crippen LogP contribution in [0, 0.1) is 6.92 Å². The third kappa shape index (κ3) is 2.62. The Labute approximate surface area is 130 Å². The van der Waals surface area contributed by atoms with Crippen molar-refractivity contribution in [1.82, 2.24) is 9.78 Å². The molecule has 0 radical (unpaired) electrons. The minimum Gasteiger partial charge on any atom is -0.493 e. The van der Waals surface area contributed by atoms with Crippen LogP contribution in [0.2, 0.25) is 0 Å². The molecule has 1 heterocycles. The lowest BCUT2D eigenvalue weighted by molar-refractivity contribution is 0.427. The molecule has 0 bridgehead atoms. The Balaban J connectivity index is 2.17. The minimum absolute atomic E-state index is 0.242. The third-order valence-corrected chi connectivity index (χ3v) is 3.75. The molecule has 0 aliphatic carbocycles. The van der Waals surface area contributed by atoms with Gasteiger partial charge in [0.05, 0.1) is 11.4 Å². The van der Waals surface area contributed by atoms with Gasteiger partial charge in [-0.2, -0.15) is 5.10 Å². The molecule has 0 atom stereocenters. The zero-order valence-electron chi connectivity index (χ0n) is 13.0. The number of nitrogens with zero attached hydrogens (tertiary/aromatic N) is 2. The molecule has 112 valence electrons. The van der Waals surface area contributed by atoms with E-state index in [1.807, 2.05) is 61.5 Å². The first-order chi connectivity index (χ1) is 10.7. The normalized spacial score (nSPS) is 10.8. The number of rotatable bonds is 4. The van der Waals surface area contributed by atoms with Gasteiger partial charge in [0.15, 0.2) is 0 Å². The fraction of sp³-hybridized carbons (Fsp3) is 0.211. The molecule has 0 unspecified atom stereocenters. The standard InChI is InChI=1S/C19H20N2O/c1-3-8-17-18(15-10-5-4-6-11-15)20-21(19(17)22)16-12-7-9-14(2)13-16/h4-7,9-13,22H,3,8H2,1-2H3. The van der Waals surface area contributed by atoms with Crippen LogP contribution in [-0.2, 0) is 6.42 Å². The van der Waals surface area contributed by atoms with Crippen molar-refractivity contribution in [2.24, 2.45) is 0 Å². The summed E-state index contributed by atoms with van der Waals surface area (Å²) in [6.45, 7) is 4.15. The summed E-state index contributed by atoms with van der Waals surface area (Å²) in [7, 11) is 0. The predicted molar refractivity (Wildman–Crippen MR) is 89.4 cm³/mol. The second-order valence-electron chi connectivity index (χ2n) is 5.52. The van der Waals surface area contributed by atoms with Gasteiger partial charge in [0.1, 0.15) is 0 Å². The molecule has 1 N–H and O–H groups in total. The van der Waals surface area contributed by atoms with Gasteiger partial charge in [0.2, 0.25) is 5.88 Å². The van der Waals surface area contributed by atoms with E-state index in [1.54, 1.807) is 4.68 Å². The topological polar surface area (TPSA) is 38.0 Å². The lowest BCUT2D eigenvalue weighted by Gasteiger charge is -2.04. The lowest BCUT2D eigenvalue weighted by Crippen LogP contribution is -1.96. The van der Waals surface area contributed by atoms with Gasteiger partial charge in [0.25, 0.3) is 0 Å². The van der Waals surface area contributed by atoms with Crippen molar-refractivity contribution < 1.29 is 5.11 Å². The summed E-state index contributed by atoms with van der Waals surface area (Å²) in [5.41, 5.74) is 4.84. The molecule has 0 fully saturated rings. The van der Waals surface area contributed by atoms with E-state index in [9.17, 15) is 5.11 Å². The summed E-state index contributed by atoms with van der Waals surface area (Å²) < 4.78 is 1.64. The van der Waals surface area contributed by atoms with E-state index in [0.717, 1.165) is 40.9 Å². The van der Waals surface area contributed by atoms with Crippen LogP contribution in [0.5, 0.6) is 5.88 Å². The highest BCUT2D eigenvalue weighted by Gasteiger charge is 2.18. The second-order valence-corrected chi connectivity index (χ2v) is 5.52. The predicted octanol–water partition coefficient (Wildman–Crippen LogP) is 4.51. The molecule has 22 heavy (non-hydrogen) atoms. The number of aryl methyl sites for hydroxylation is 1. The first-order valence-electron chi connectivity index (χ1n) is 7.64. The number of aromatic nitrogens is 2. The van der Waals surface area contributed by atoms with Crippen molar-refractivity contribution in [2.75, 3.05) is 0 Å². The Morgan fingerprint density at radius 1 is 1.05 bits per heavy atom. The van der Waals surface area contributed by atoms with Gasteiger partial charge in [-0.15, -0.1) is 0 Å². The zero-order chi connectivity index (χ0) is 15.5. The number of hydrogen-bond donors (Lipinski definition) is 1. The Kier molecular flexibility index (Phi) is 3.96. The van der Waals surface area contributed by atoms with Crippen molar-refractivity contribution >= 4 is 0 Å². The Hall–Kier alpha value is -2.55. The SMILES string of the molecule is CCCc1c(-c2ccccc2)nn(-c2cccc(C)c2)c1O. The molecule has 1 aromatic heterocycles. The fourth-order valence-corrected chi connectivity index (χ4v) is 2.69. The van der Waals surface area contributed by atoms with Crippen LogP contribution >= 0.6 is 0 Å².